The van der Waals surface area contributed by atoms with Gasteiger partial charge in [-0.25, -0.2) is 4.79 Å². The first kappa shape index (κ1) is 10.0. The molecule has 0 aromatic rings. The molecule has 0 N–H and O–H groups in total. The number of rotatable bonds is 3. The lowest BCUT2D eigenvalue weighted by Gasteiger charge is -2.21. The molecule has 4 heteroatoms. The monoisotopic (exact) mass is 185 g/mol. The molecule has 74 valence electrons. The summed E-state index contributed by atoms with van der Waals surface area (Å²) in [5, 5.41) is 0. The van der Waals surface area contributed by atoms with E-state index in [1.807, 2.05) is 0 Å². The topological polar surface area (TPSA) is 46.6 Å². The van der Waals surface area contributed by atoms with Crippen LogP contribution in [0.5, 0.6) is 0 Å². The number of ether oxygens (including phenoxy) is 1. The lowest BCUT2D eigenvalue weighted by Crippen LogP contribution is -2.40. The number of likely N-dealkylation sites (tertiary alicyclic amines) is 1. The third-order valence-corrected chi connectivity index (χ3v) is 2.21. The summed E-state index contributed by atoms with van der Waals surface area (Å²) < 4.78 is 4.83. The molecule has 1 fully saturated rings. The van der Waals surface area contributed by atoms with Crippen LogP contribution in [0.2, 0.25) is 0 Å². The molecule has 0 bridgehead atoms. The van der Waals surface area contributed by atoms with Crippen molar-refractivity contribution in [3.63, 3.8) is 0 Å². The van der Waals surface area contributed by atoms with Crippen molar-refractivity contribution < 1.29 is 14.3 Å². The molecule has 0 saturated carbocycles. The summed E-state index contributed by atoms with van der Waals surface area (Å²) in [6.45, 7) is 4.52. The van der Waals surface area contributed by atoms with Gasteiger partial charge in [0.25, 0.3) is 0 Å². The van der Waals surface area contributed by atoms with Crippen molar-refractivity contribution >= 4 is 11.9 Å². The second-order valence-electron chi connectivity index (χ2n) is 3.12. The van der Waals surface area contributed by atoms with Gasteiger partial charge in [0.05, 0.1) is 6.61 Å². The van der Waals surface area contributed by atoms with Crippen LogP contribution in [0.25, 0.3) is 0 Å². The molecule has 1 saturated heterocycles. The number of carbonyl (C=O) groups is 2. The van der Waals surface area contributed by atoms with E-state index in [0.29, 0.717) is 19.6 Å². The van der Waals surface area contributed by atoms with E-state index in [9.17, 15) is 9.59 Å². The van der Waals surface area contributed by atoms with Crippen molar-refractivity contribution in [2.24, 2.45) is 0 Å². The van der Waals surface area contributed by atoms with Gasteiger partial charge in [-0.1, -0.05) is 0 Å². The van der Waals surface area contributed by atoms with E-state index in [0.717, 1.165) is 6.42 Å². The summed E-state index contributed by atoms with van der Waals surface area (Å²) in [4.78, 5) is 24.1. The lowest BCUT2D eigenvalue weighted by molar-refractivity contribution is -0.152. The van der Waals surface area contributed by atoms with Crippen LogP contribution in [0.4, 0.5) is 0 Å². The average molecular weight is 185 g/mol. The van der Waals surface area contributed by atoms with Crippen molar-refractivity contribution in [2.75, 3.05) is 13.2 Å². The maximum Gasteiger partial charge on any atom is 0.328 e. The first-order chi connectivity index (χ1) is 6.16. The van der Waals surface area contributed by atoms with Gasteiger partial charge in [0.1, 0.15) is 6.04 Å². The maximum atomic E-state index is 11.3. The Hall–Kier alpha value is -1.06. The number of hydrogen-bond donors (Lipinski definition) is 0. The molecule has 1 amide bonds. The number of hydrogen-bond acceptors (Lipinski definition) is 3. The van der Waals surface area contributed by atoms with Gasteiger partial charge in [0.2, 0.25) is 5.91 Å². The molecule has 1 rings (SSSR count). The predicted molar refractivity (Wildman–Crippen MR) is 47.0 cm³/mol. The van der Waals surface area contributed by atoms with Crippen molar-refractivity contribution in [3.8, 4) is 0 Å². The van der Waals surface area contributed by atoms with Crippen LogP contribution in [-0.4, -0.2) is 36.0 Å². The minimum Gasteiger partial charge on any atom is -0.464 e. The second-order valence-corrected chi connectivity index (χ2v) is 3.12. The van der Waals surface area contributed by atoms with Gasteiger partial charge in [0, 0.05) is 13.0 Å². The maximum absolute atomic E-state index is 11.3. The van der Waals surface area contributed by atoms with Gasteiger partial charge < -0.3 is 9.64 Å². The van der Waals surface area contributed by atoms with Crippen molar-refractivity contribution in [3.05, 3.63) is 0 Å². The van der Waals surface area contributed by atoms with Crippen LogP contribution in [0.1, 0.15) is 26.7 Å². The molecule has 1 atom stereocenters. The largest absolute Gasteiger partial charge is 0.464 e. The lowest BCUT2D eigenvalue weighted by atomic mass is 10.3. The van der Waals surface area contributed by atoms with Gasteiger partial charge in [0.15, 0.2) is 0 Å². The first-order valence-electron chi connectivity index (χ1n) is 4.63. The number of esters is 1. The fraction of sp³-hybridized carbons (Fsp3) is 0.778. The predicted octanol–water partition coefficient (Wildman–Crippen LogP) is 0.560. The molecule has 4 nitrogen and oxygen atoms in total. The third-order valence-electron chi connectivity index (χ3n) is 2.21. The van der Waals surface area contributed by atoms with Gasteiger partial charge in [-0.15, -0.1) is 0 Å². The summed E-state index contributed by atoms with van der Waals surface area (Å²) in [5.74, 6) is -0.252. The van der Waals surface area contributed by atoms with Crippen LogP contribution < -0.4 is 0 Å². The Kier molecular flexibility index (Phi) is 3.28. The Morgan fingerprint density at radius 3 is 2.85 bits per heavy atom. The summed E-state index contributed by atoms with van der Waals surface area (Å²) in [6.07, 6.45) is 1.41. The van der Waals surface area contributed by atoms with Crippen LogP contribution >= 0.6 is 0 Å². The fourth-order valence-electron chi connectivity index (χ4n) is 1.47. The first-order valence-corrected chi connectivity index (χ1v) is 4.63. The zero-order valence-electron chi connectivity index (χ0n) is 8.08. The molecule has 0 spiro atoms. The molecule has 1 aliphatic rings. The molecular formula is C9H15NO3. The van der Waals surface area contributed by atoms with Crippen LogP contribution in [0, 0.1) is 0 Å². The normalized spacial score (nSPS) is 18.9. The Morgan fingerprint density at radius 2 is 2.38 bits per heavy atom. The van der Waals surface area contributed by atoms with Crippen LogP contribution in [-0.2, 0) is 14.3 Å². The van der Waals surface area contributed by atoms with Crippen molar-refractivity contribution in [1.29, 1.82) is 0 Å². The van der Waals surface area contributed by atoms with E-state index in [2.05, 4.69) is 0 Å². The van der Waals surface area contributed by atoms with Crippen molar-refractivity contribution in [2.45, 2.75) is 32.7 Å². The second kappa shape index (κ2) is 4.25. The summed E-state index contributed by atoms with van der Waals surface area (Å²) >= 11 is 0. The number of nitrogens with zero attached hydrogens (tertiary/aromatic N) is 1. The Morgan fingerprint density at radius 1 is 1.69 bits per heavy atom. The zero-order chi connectivity index (χ0) is 9.84. The Balaban J connectivity index is 2.50. The molecule has 1 heterocycles. The quantitative estimate of drug-likeness (QED) is 0.603. The third kappa shape index (κ3) is 2.20. The highest BCUT2D eigenvalue weighted by Gasteiger charge is 2.29. The van der Waals surface area contributed by atoms with E-state index in [1.165, 1.54) is 0 Å². The Bertz CT molecular complexity index is 215. The number of carbonyl (C=O) groups excluding carboxylic acids is 2. The molecule has 0 aromatic heterocycles. The summed E-state index contributed by atoms with van der Waals surface area (Å²) in [5.41, 5.74) is 0. The molecule has 0 radical (unpaired) electrons. The molecule has 0 aliphatic carbocycles. The molecule has 1 aliphatic heterocycles. The van der Waals surface area contributed by atoms with E-state index >= 15 is 0 Å². The fourth-order valence-corrected chi connectivity index (χ4v) is 1.47. The summed E-state index contributed by atoms with van der Waals surface area (Å²) in [6, 6.07) is -0.421. The highest BCUT2D eigenvalue weighted by Crippen LogP contribution is 2.13. The highest BCUT2D eigenvalue weighted by molar-refractivity contribution is 5.85. The van der Waals surface area contributed by atoms with Gasteiger partial charge in [-0.05, 0) is 20.3 Å². The number of amides is 1. The van der Waals surface area contributed by atoms with Crippen LogP contribution in [0.15, 0.2) is 0 Å². The minimum absolute atomic E-state index is 0.0561. The van der Waals surface area contributed by atoms with Crippen molar-refractivity contribution in [1.82, 2.24) is 4.90 Å². The average Bonchev–Trinajstić information content (AvgIpc) is 2.50. The standard InChI is InChI=1S/C9H15NO3/c1-3-13-9(12)7(2)10-6-4-5-8(10)11/h7H,3-6H2,1-2H3/t7-/m0/s1. The van der Waals surface area contributed by atoms with E-state index < -0.39 is 6.04 Å². The highest BCUT2D eigenvalue weighted by atomic mass is 16.5. The van der Waals surface area contributed by atoms with Crippen LogP contribution in [0.3, 0.4) is 0 Å². The SMILES string of the molecule is CCOC(=O)[C@H](C)N1CCCC1=O. The van der Waals surface area contributed by atoms with Gasteiger partial charge in [-0.2, -0.15) is 0 Å². The zero-order valence-corrected chi connectivity index (χ0v) is 8.08. The smallest absolute Gasteiger partial charge is 0.328 e. The van der Waals surface area contributed by atoms with E-state index in [-0.39, 0.29) is 11.9 Å². The minimum atomic E-state index is -0.421. The summed E-state index contributed by atoms with van der Waals surface area (Å²) in [7, 11) is 0. The molecule has 13 heavy (non-hydrogen) atoms. The Labute approximate surface area is 77.8 Å². The molecule has 0 aromatic carbocycles. The van der Waals surface area contributed by atoms with Gasteiger partial charge >= 0.3 is 5.97 Å². The molecular weight excluding hydrogens is 170 g/mol. The van der Waals surface area contributed by atoms with E-state index in [1.54, 1.807) is 18.7 Å². The van der Waals surface area contributed by atoms with E-state index in [4.69, 9.17) is 4.74 Å². The molecule has 0 unspecified atom stereocenters. The van der Waals surface area contributed by atoms with Gasteiger partial charge in [-0.3, -0.25) is 4.79 Å².